The Labute approximate surface area is 133 Å². The van der Waals surface area contributed by atoms with Crippen molar-refractivity contribution in [2.24, 2.45) is 0 Å². The Morgan fingerprint density at radius 3 is 2.26 bits per heavy atom. The molecule has 8 nitrogen and oxygen atoms in total. The summed E-state index contributed by atoms with van der Waals surface area (Å²) in [4.78, 5) is 48.8. The molecule has 0 aliphatic carbocycles. The van der Waals surface area contributed by atoms with E-state index in [4.69, 9.17) is 4.74 Å². The van der Waals surface area contributed by atoms with Gasteiger partial charge in [-0.05, 0) is 24.5 Å². The number of nitrogens with one attached hydrogen (secondary N) is 1. The van der Waals surface area contributed by atoms with E-state index < -0.39 is 17.9 Å². The molecule has 0 aromatic carbocycles. The van der Waals surface area contributed by atoms with Crippen LogP contribution in [0.4, 0.5) is 0 Å². The maximum Gasteiger partial charge on any atom is 0.355 e. The van der Waals surface area contributed by atoms with Crippen molar-refractivity contribution < 1.29 is 33.4 Å². The fourth-order valence-corrected chi connectivity index (χ4v) is 2.10. The molecule has 1 heterocycles. The zero-order valence-electron chi connectivity index (χ0n) is 13.3. The zero-order valence-corrected chi connectivity index (χ0v) is 13.3. The molecule has 0 radical (unpaired) electrons. The molecule has 0 spiro atoms. The van der Waals surface area contributed by atoms with Gasteiger partial charge in [0.1, 0.15) is 5.69 Å². The summed E-state index contributed by atoms with van der Waals surface area (Å²) in [6.07, 6.45) is 0.421. The summed E-state index contributed by atoms with van der Waals surface area (Å²) >= 11 is 0. The van der Waals surface area contributed by atoms with E-state index in [0.29, 0.717) is 17.4 Å². The van der Waals surface area contributed by atoms with E-state index in [2.05, 4.69) is 14.5 Å². The number of aromatic nitrogens is 1. The average molecular weight is 325 g/mol. The number of carbonyl (C=O) groups is 4. The lowest BCUT2D eigenvalue weighted by Gasteiger charge is -2.07. The van der Waals surface area contributed by atoms with E-state index in [-0.39, 0.29) is 37.3 Å². The number of carbonyl (C=O) groups excluding carboxylic acids is 4. The van der Waals surface area contributed by atoms with Crippen LogP contribution in [0.15, 0.2) is 0 Å². The number of rotatable bonds is 8. The van der Waals surface area contributed by atoms with Gasteiger partial charge < -0.3 is 19.2 Å². The Hall–Kier alpha value is -2.64. The van der Waals surface area contributed by atoms with Crippen LogP contribution in [0.5, 0.6) is 0 Å². The lowest BCUT2D eigenvalue weighted by Crippen LogP contribution is -2.12. The molecule has 0 bridgehead atoms. The Morgan fingerprint density at radius 1 is 1.09 bits per heavy atom. The molecule has 1 aromatic rings. The zero-order chi connectivity index (χ0) is 17.4. The van der Waals surface area contributed by atoms with Crippen LogP contribution in [0, 0.1) is 0 Å². The molecule has 1 rings (SSSR count). The number of methoxy groups -OCH3 is 2. The molecule has 0 aliphatic heterocycles. The van der Waals surface area contributed by atoms with Crippen molar-refractivity contribution in [1.82, 2.24) is 4.98 Å². The molecule has 0 unspecified atom stereocenters. The van der Waals surface area contributed by atoms with Crippen molar-refractivity contribution in [2.45, 2.75) is 26.2 Å². The van der Waals surface area contributed by atoms with Gasteiger partial charge in [-0.2, -0.15) is 0 Å². The Kier molecular flexibility index (Phi) is 6.98. The third-order valence-electron chi connectivity index (χ3n) is 3.20. The minimum absolute atomic E-state index is 0.00672. The molecule has 0 fully saturated rings. The van der Waals surface area contributed by atoms with Crippen LogP contribution < -0.4 is 0 Å². The second-order valence-electron chi connectivity index (χ2n) is 4.54. The average Bonchev–Trinajstić information content (AvgIpc) is 2.90. The Balaban J connectivity index is 3.27. The highest BCUT2D eigenvalue weighted by Gasteiger charge is 2.25. The summed E-state index contributed by atoms with van der Waals surface area (Å²) in [7, 11) is 2.47. The molecular weight excluding hydrogens is 306 g/mol. The van der Waals surface area contributed by atoms with Crippen molar-refractivity contribution in [3.05, 3.63) is 22.5 Å². The van der Waals surface area contributed by atoms with E-state index in [1.165, 1.54) is 14.2 Å². The van der Waals surface area contributed by atoms with Crippen molar-refractivity contribution in [2.75, 3.05) is 20.8 Å². The van der Waals surface area contributed by atoms with Crippen LogP contribution in [0.3, 0.4) is 0 Å². The SMILES string of the molecule is CCOC(=O)c1[nH]c(C=O)c(CC(=O)OC)c1CCC(=O)OC. The van der Waals surface area contributed by atoms with Gasteiger partial charge >= 0.3 is 17.9 Å². The van der Waals surface area contributed by atoms with E-state index in [0.717, 1.165) is 0 Å². The van der Waals surface area contributed by atoms with Gasteiger partial charge in [0.05, 0.1) is 32.9 Å². The first kappa shape index (κ1) is 18.4. The van der Waals surface area contributed by atoms with E-state index in [1.807, 2.05) is 0 Å². The number of aldehydes is 1. The molecule has 0 aliphatic rings. The monoisotopic (exact) mass is 325 g/mol. The van der Waals surface area contributed by atoms with Crippen LogP contribution >= 0.6 is 0 Å². The number of aromatic amines is 1. The number of hydrogen-bond acceptors (Lipinski definition) is 7. The summed E-state index contributed by atoms with van der Waals surface area (Å²) in [5.41, 5.74) is 0.829. The maximum absolute atomic E-state index is 12.0. The Bertz CT molecular complexity index is 603. The summed E-state index contributed by atoms with van der Waals surface area (Å²) in [5.74, 6) is -1.70. The topological polar surface area (TPSA) is 112 Å². The van der Waals surface area contributed by atoms with E-state index in [9.17, 15) is 19.2 Å². The van der Waals surface area contributed by atoms with Crippen LogP contribution in [0.2, 0.25) is 0 Å². The van der Waals surface area contributed by atoms with Crippen LogP contribution in [-0.4, -0.2) is 50.0 Å². The standard InChI is InChI=1S/C15H19NO7/c1-4-23-15(20)14-9(5-6-12(18)21-2)10(7-13(19)22-3)11(8-17)16-14/h8,16H,4-7H2,1-3H3. The van der Waals surface area contributed by atoms with Gasteiger partial charge in [0.25, 0.3) is 0 Å². The molecule has 23 heavy (non-hydrogen) atoms. The maximum atomic E-state index is 12.0. The highest BCUT2D eigenvalue weighted by atomic mass is 16.5. The van der Waals surface area contributed by atoms with Crippen molar-refractivity contribution >= 4 is 24.2 Å². The molecule has 0 amide bonds. The number of esters is 3. The third-order valence-corrected chi connectivity index (χ3v) is 3.20. The summed E-state index contributed by atoms with van der Waals surface area (Å²) in [6.45, 7) is 1.79. The smallest absolute Gasteiger partial charge is 0.355 e. The highest BCUT2D eigenvalue weighted by Crippen LogP contribution is 2.22. The summed E-state index contributed by atoms with van der Waals surface area (Å²) in [5, 5.41) is 0. The fourth-order valence-electron chi connectivity index (χ4n) is 2.10. The molecule has 126 valence electrons. The van der Waals surface area contributed by atoms with Crippen molar-refractivity contribution in [3.63, 3.8) is 0 Å². The minimum Gasteiger partial charge on any atom is -0.469 e. The highest BCUT2D eigenvalue weighted by molar-refractivity contribution is 5.93. The van der Waals surface area contributed by atoms with E-state index >= 15 is 0 Å². The van der Waals surface area contributed by atoms with Crippen molar-refractivity contribution in [3.8, 4) is 0 Å². The molecule has 0 saturated heterocycles. The number of H-pyrrole nitrogens is 1. The largest absolute Gasteiger partial charge is 0.469 e. The predicted molar refractivity (Wildman–Crippen MR) is 78.2 cm³/mol. The van der Waals surface area contributed by atoms with Crippen molar-refractivity contribution in [1.29, 1.82) is 0 Å². The van der Waals surface area contributed by atoms with Gasteiger partial charge in [0, 0.05) is 6.42 Å². The minimum atomic E-state index is -0.661. The van der Waals surface area contributed by atoms with Gasteiger partial charge in [-0.3, -0.25) is 14.4 Å². The summed E-state index contributed by atoms with van der Waals surface area (Å²) in [6, 6.07) is 0. The first-order chi connectivity index (χ1) is 11.0. The first-order valence-corrected chi connectivity index (χ1v) is 6.98. The van der Waals surface area contributed by atoms with Crippen LogP contribution in [-0.2, 0) is 36.6 Å². The molecular formula is C15H19NO7. The quantitative estimate of drug-likeness (QED) is 0.428. The Morgan fingerprint density at radius 2 is 1.74 bits per heavy atom. The molecule has 1 N–H and O–H groups in total. The molecule has 8 heteroatoms. The second kappa shape index (κ2) is 8.72. The van der Waals surface area contributed by atoms with Crippen LogP contribution in [0.1, 0.15) is 45.4 Å². The lowest BCUT2D eigenvalue weighted by molar-refractivity contribution is -0.140. The van der Waals surface area contributed by atoms with Gasteiger partial charge in [-0.1, -0.05) is 0 Å². The molecule has 1 aromatic heterocycles. The van der Waals surface area contributed by atoms with Gasteiger partial charge in [-0.15, -0.1) is 0 Å². The second-order valence-corrected chi connectivity index (χ2v) is 4.54. The fraction of sp³-hybridized carbons (Fsp3) is 0.467. The molecule has 0 saturated carbocycles. The third kappa shape index (κ3) is 4.67. The lowest BCUT2D eigenvalue weighted by atomic mass is 10.0. The summed E-state index contributed by atoms with van der Waals surface area (Å²) < 4.78 is 14.1. The normalized spacial score (nSPS) is 10.0. The van der Waals surface area contributed by atoms with Gasteiger partial charge in [0.15, 0.2) is 6.29 Å². The number of ether oxygens (including phenoxy) is 3. The molecule has 0 atom stereocenters. The van der Waals surface area contributed by atoms with Gasteiger partial charge in [-0.25, -0.2) is 4.79 Å². The number of hydrogen-bond donors (Lipinski definition) is 1. The predicted octanol–water partition coefficient (Wildman–Crippen LogP) is 0.825. The first-order valence-electron chi connectivity index (χ1n) is 6.98. The van der Waals surface area contributed by atoms with Gasteiger partial charge in [0.2, 0.25) is 0 Å². The van der Waals surface area contributed by atoms with Crippen LogP contribution in [0.25, 0.3) is 0 Å². The van der Waals surface area contributed by atoms with E-state index in [1.54, 1.807) is 6.92 Å².